The summed E-state index contributed by atoms with van der Waals surface area (Å²) in [5, 5.41) is 3.97. The van der Waals surface area contributed by atoms with Gasteiger partial charge in [-0.1, -0.05) is 76.2 Å². The van der Waals surface area contributed by atoms with Gasteiger partial charge in [-0.05, 0) is 55.1 Å². The van der Waals surface area contributed by atoms with Crippen molar-refractivity contribution in [2.75, 3.05) is 0 Å². The van der Waals surface area contributed by atoms with Gasteiger partial charge in [0.2, 0.25) is 0 Å². The molecule has 0 heterocycles. The minimum absolute atomic E-state index is 0.0408. The molecule has 2 aromatic carbocycles. The normalized spacial score (nSPS) is 14.2. The van der Waals surface area contributed by atoms with E-state index < -0.39 is 0 Å². The van der Waals surface area contributed by atoms with Gasteiger partial charge in [-0.3, -0.25) is 0 Å². The molecule has 26 heavy (non-hydrogen) atoms. The summed E-state index contributed by atoms with van der Waals surface area (Å²) in [6.07, 6.45) is 0. The third kappa shape index (κ3) is 3.61. The van der Waals surface area contributed by atoms with E-state index in [1.54, 1.807) is 0 Å². The SMILES string of the molecule is CC(C)N(B(NC(C)(C)C)C1c2ccccc2-c2ccccc21)C(C)C. The van der Waals surface area contributed by atoms with Gasteiger partial charge in [0.25, 0.3) is 0 Å². The maximum atomic E-state index is 3.97. The number of benzene rings is 2. The second kappa shape index (κ2) is 7.21. The monoisotopic (exact) mass is 348 g/mol. The molecular weight excluding hydrogens is 315 g/mol. The zero-order valence-corrected chi connectivity index (χ0v) is 17.4. The minimum Gasteiger partial charge on any atom is -0.337 e. The minimum atomic E-state index is 0.0408. The van der Waals surface area contributed by atoms with Crippen LogP contribution in [0.3, 0.4) is 0 Å². The first-order valence-corrected chi connectivity index (χ1v) is 9.94. The average molecular weight is 348 g/mol. The van der Waals surface area contributed by atoms with Crippen molar-refractivity contribution >= 4 is 6.98 Å². The molecule has 0 unspecified atom stereocenters. The second-order valence-corrected chi connectivity index (χ2v) is 9.13. The molecule has 0 aromatic heterocycles. The molecule has 0 spiro atoms. The van der Waals surface area contributed by atoms with Crippen LogP contribution in [0.25, 0.3) is 11.1 Å². The van der Waals surface area contributed by atoms with E-state index in [9.17, 15) is 0 Å². The van der Waals surface area contributed by atoms with Crippen LogP contribution in [-0.2, 0) is 0 Å². The maximum absolute atomic E-state index is 3.97. The van der Waals surface area contributed by atoms with E-state index in [4.69, 9.17) is 0 Å². The highest BCUT2D eigenvalue weighted by atomic mass is 15.2. The van der Waals surface area contributed by atoms with Gasteiger partial charge in [0.05, 0.1) is 0 Å². The fourth-order valence-corrected chi connectivity index (χ4v) is 4.55. The molecule has 138 valence electrons. The van der Waals surface area contributed by atoms with Crippen LogP contribution in [-0.4, -0.2) is 29.4 Å². The zero-order chi connectivity index (χ0) is 19.1. The average Bonchev–Trinajstić information content (AvgIpc) is 2.86. The van der Waals surface area contributed by atoms with Gasteiger partial charge in [-0.25, -0.2) is 0 Å². The fraction of sp³-hybridized carbons (Fsp3) is 0.478. The highest BCUT2D eigenvalue weighted by Crippen LogP contribution is 2.46. The summed E-state index contributed by atoms with van der Waals surface area (Å²) in [5.74, 6) is 0.339. The molecule has 0 aliphatic heterocycles. The van der Waals surface area contributed by atoms with Crippen LogP contribution in [0.1, 0.15) is 65.4 Å². The smallest absolute Gasteiger partial charge is 0.321 e. The van der Waals surface area contributed by atoms with Gasteiger partial charge in [-0.2, -0.15) is 0 Å². The summed E-state index contributed by atoms with van der Waals surface area (Å²) in [6, 6.07) is 18.8. The first kappa shape index (κ1) is 19.2. The van der Waals surface area contributed by atoms with E-state index >= 15 is 0 Å². The van der Waals surface area contributed by atoms with Crippen LogP contribution in [0, 0.1) is 0 Å². The predicted octanol–water partition coefficient (Wildman–Crippen LogP) is 5.33. The van der Waals surface area contributed by atoms with Crippen molar-refractivity contribution in [3.63, 3.8) is 0 Å². The molecule has 2 nitrogen and oxygen atoms in total. The van der Waals surface area contributed by atoms with Crippen molar-refractivity contribution < 1.29 is 0 Å². The lowest BCUT2D eigenvalue weighted by Gasteiger charge is -2.42. The maximum Gasteiger partial charge on any atom is 0.321 e. The van der Waals surface area contributed by atoms with E-state index in [-0.39, 0.29) is 12.5 Å². The van der Waals surface area contributed by atoms with Crippen molar-refractivity contribution in [1.82, 2.24) is 10.0 Å². The third-order valence-electron chi connectivity index (χ3n) is 5.29. The van der Waals surface area contributed by atoms with Crippen LogP contribution in [0.5, 0.6) is 0 Å². The Labute approximate surface area is 160 Å². The number of hydrogen-bond donors (Lipinski definition) is 1. The second-order valence-electron chi connectivity index (χ2n) is 9.13. The van der Waals surface area contributed by atoms with Crippen LogP contribution in [0.15, 0.2) is 48.5 Å². The number of nitrogens with zero attached hydrogens (tertiary/aromatic N) is 1. The van der Waals surface area contributed by atoms with E-state index in [0.717, 1.165) is 0 Å². The van der Waals surface area contributed by atoms with Crippen molar-refractivity contribution in [3.05, 3.63) is 59.7 Å². The lowest BCUT2D eigenvalue weighted by molar-refractivity contribution is 0.285. The Bertz CT molecular complexity index is 707. The molecule has 0 radical (unpaired) electrons. The van der Waals surface area contributed by atoms with E-state index in [1.165, 1.54) is 22.3 Å². The third-order valence-corrected chi connectivity index (χ3v) is 5.29. The van der Waals surface area contributed by atoms with Gasteiger partial charge in [0, 0.05) is 11.4 Å². The van der Waals surface area contributed by atoms with Gasteiger partial charge < -0.3 is 10.0 Å². The Kier molecular flexibility index (Phi) is 5.32. The standard InChI is InChI=1S/C23H33BN2/c1-16(2)26(17(3)4)24(25-23(5,6)7)22-20-14-10-8-12-18(20)19-13-9-11-15-21(19)22/h8-17,22,25H,1-7H3. The topological polar surface area (TPSA) is 15.3 Å². The summed E-state index contributed by atoms with van der Waals surface area (Å²) < 4.78 is 0. The van der Waals surface area contributed by atoms with Gasteiger partial charge in [0.1, 0.15) is 0 Å². The lowest BCUT2D eigenvalue weighted by Crippen LogP contribution is -2.63. The molecule has 1 aliphatic rings. The van der Waals surface area contributed by atoms with Gasteiger partial charge in [-0.15, -0.1) is 0 Å². The summed E-state index contributed by atoms with van der Waals surface area (Å²) >= 11 is 0. The van der Waals surface area contributed by atoms with E-state index in [2.05, 4.69) is 107 Å². The molecular formula is C23H33BN2. The van der Waals surface area contributed by atoms with Crippen molar-refractivity contribution in [3.8, 4) is 11.1 Å². The van der Waals surface area contributed by atoms with E-state index in [1.807, 2.05) is 0 Å². The van der Waals surface area contributed by atoms with Crippen molar-refractivity contribution in [1.29, 1.82) is 0 Å². The molecule has 2 aromatic rings. The molecule has 1 N–H and O–H groups in total. The summed E-state index contributed by atoms with van der Waals surface area (Å²) in [6.45, 7) is 16.3. The number of rotatable bonds is 5. The van der Waals surface area contributed by atoms with Crippen LogP contribution in [0.4, 0.5) is 0 Å². The van der Waals surface area contributed by atoms with Crippen LogP contribution >= 0.6 is 0 Å². The molecule has 0 fully saturated rings. The number of hydrogen-bond acceptors (Lipinski definition) is 2. The van der Waals surface area contributed by atoms with Crippen molar-refractivity contribution in [2.24, 2.45) is 0 Å². The number of fused-ring (bicyclic) bond motifs is 3. The molecule has 0 saturated heterocycles. The van der Waals surface area contributed by atoms with Gasteiger partial charge in [0.15, 0.2) is 0 Å². The highest BCUT2D eigenvalue weighted by Gasteiger charge is 2.43. The first-order valence-electron chi connectivity index (χ1n) is 9.94. The molecule has 0 bridgehead atoms. The van der Waals surface area contributed by atoms with E-state index in [0.29, 0.717) is 17.9 Å². The van der Waals surface area contributed by atoms with Crippen LogP contribution in [0.2, 0.25) is 0 Å². The quantitative estimate of drug-likeness (QED) is 0.735. The molecule has 1 aliphatic carbocycles. The Morgan fingerprint density at radius 2 is 1.23 bits per heavy atom. The summed E-state index contributed by atoms with van der Waals surface area (Å²) in [5.41, 5.74) is 5.71. The van der Waals surface area contributed by atoms with Crippen molar-refractivity contribution in [2.45, 2.75) is 71.9 Å². The highest BCUT2D eigenvalue weighted by molar-refractivity contribution is 6.57. The lowest BCUT2D eigenvalue weighted by atomic mass is 9.54. The van der Waals surface area contributed by atoms with Crippen LogP contribution < -0.4 is 5.23 Å². The molecule has 3 rings (SSSR count). The molecule has 0 atom stereocenters. The number of nitrogens with one attached hydrogen (secondary N) is 1. The van der Waals surface area contributed by atoms with Gasteiger partial charge >= 0.3 is 6.98 Å². The predicted molar refractivity (Wildman–Crippen MR) is 114 cm³/mol. The zero-order valence-electron chi connectivity index (χ0n) is 17.4. The molecule has 3 heteroatoms. The Hall–Kier alpha value is -1.58. The first-order chi connectivity index (χ1) is 12.2. The molecule has 0 amide bonds. The summed E-state index contributed by atoms with van der Waals surface area (Å²) in [7, 11) is 0. The fourth-order valence-electron chi connectivity index (χ4n) is 4.55. The largest absolute Gasteiger partial charge is 0.337 e. The Morgan fingerprint density at radius 1 is 0.808 bits per heavy atom. The Balaban J connectivity index is 2.17. The Morgan fingerprint density at radius 3 is 1.62 bits per heavy atom. The summed E-state index contributed by atoms with van der Waals surface area (Å²) in [4.78, 5) is 2.63. The molecule has 0 saturated carbocycles.